The molecule has 2 aromatic heterocycles. The van der Waals surface area contributed by atoms with Crippen molar-refractivity contribution >= 4 is 11.3 Å². The van der Waals surface area contributed by atoms with Gasteiger partial charge in [-0.15, -0.1) is 0 Å². The van der Waals surface area contributed by atoms with Crippen LogP contribution in [0.5, 0.6) is 0 Å². The van der Waals surface area contributed by atoms with Crippen LogP contribution in [0.15, 0.2) is 24.4 Å². The van der Waals surface area contributed by atoms with Gasteiger partial charge >= 0.3 is 0 Å². The second kappa shape index (κ2) is 3.67. The number of aryl methyl sites for hydroxylation is 1. The molecule has 0 saturated carbocycles. The normalized spacial score (nSPS) is 10.9. The molecule has 2 aromatic rings. The van der Waals surface area contributed by atoms with E-state index in [1.807, 2.05) is 28.8 Å². The van der Waals surface area contributed by atoms with Crippen molar-refractivity contribution in [2.75, 3.05) is 12.3 Å². The molecule has 0 aliphatic carbocycles. The van der Waals surface area contributed by atoms with Crippen LogP contribution in [0.4, 0.5) is 5.82 Å². The van der Waals surface area contributed by atoms with Crippen LogP contribution in [0.2, 0.25) is 0 Å². The molecular weight excluding hydrogens is 176 g/mol. The molecule has 0 aliphatic heterocycles. The quantitative estimate of drug-likeness (QED) is 0.752. The third kappa shape index (κ3) is 1.44. The van der Waals surface area contributed by atoms with Crippen LogP contribution in [0.1, 0.15) is 12.2 Å². The average Bonchev–Trinajstić information content (AvgIpc) is 2.59. The summed E-state index contributed by atoms with van der Waals surface area (Å²) in [6.07, 6.45) is 3.65. The zero-order chi connectivity index (χ0) is 9.97. The molecule has 0 aliphatic rings. The molecule has 4 heteroatoms. The number of fused-ring (bicyclic) bond motifs is 1. The first-order valence-electron chi connectivity index (χ1n) is 4.74. The SMILES string of the molecule is NCCCc1ncc2cccc(N)n12. The van der Waals surface area contributed by atoms with Crippen LogP contribution < -0.4 is 11.5 Å². The predicted molar refractivity (Wildman–Crippen MR) is 57.0 cm³/mol. The molecular formula is C10H14N4. The largest absolute Gasteiger partial charge is 0.385 e. The zero-order valence-electron chi connectivity index (χ0n) is 7.98. The highest BCUT2D eigenvalue weighted by atomic mass is 15.1. The highest BCUT2D eigenvalue weighted by molar-refractivity contribution is 5.53. The van der Waals surface area contributed by atoms with Gasteiger partial charge in [-0.2, -0.15) is 0 Å². The Hall–Kier alpha value is -1.55. The minimum atomic E-state index is 0.682. The topological polar surface area (TPSA) is 69.3 Å². The number of hydrogen-bond donors (Lipinski definition) is 2. The van der Waals surface area contributed by atoms with E-state index in [1.165, 1.54) is 0 Å². The van der Waals surface area contributed by atoms with Gasteiger partial charge < -0.3 is 11.5 Å². The fourth-order valence-electron chi connectivity index (χ4n) is 1.58. The molecule has 4 N–H and O–H groups in total. The summed E-state index contributed by atoms with van der Waals surface area (Å²) >= 11 is 0. The Morgan fingerprint density at radius 2 is 2.21 bits per heavy atom. The van der Waals surface area contributed by atoms with E-state index < -0.39 is 0 Å². The standard InChI is InChI=1S/C10H14N4/c11-6-2-5-10-13-7-8-3-1-4-9(12)14(8)10/h1,3-4,7H,2,5-6,11-12H2. The molecule has 0 amide bonds. The molecule has 0 atom stereocenters. The summed E-state index contributed by atoms with van der Waals surface area (Å²) in [4.78, 5) is 4.32. The Morgan fingerprint density at radius 3 is 3.00 bits per heavy atom. The summed E-state index contributed by atoms with van der Waals surface area (Å²) in [5.41, 5.74) is 12.4. The van der Waals surface area contributed by atoms with Crippen molar-refractivity contribution in [2.24, 2.45) is 5.73 Å². The summed E-state index contributed by atoms with van der Waals surface area (Å²) < 4.78 is 1.97. The van der Waals surface area contributed by atoms with Gasteiger partial charge in [0.1, 0.15) is 11.6 Å². The van der Waals surface area contributed by atoms with E-state index in [-0.39, 0.29) is 0 Å². The van der Waals surface area contributed by atoms with Gasteiger partial charge in [-0.05, 0) is 25.1 Å². The van der Waals surface area contributed by atoms with E-state index in [0.29, 0.717) is 6.54 Å². The first-order valence-corrected chi connectivity index (χ1v) is 4.74. The summed E-state index contributed by atoms with van der Waals surface area (Å²) in [5.74, 6) is 1.72. The molecule has 14 heavy (non-hydrogen) atoms. The first kappa shape index (κ1) is 9.02. The van der Waals surface area contributed by atoms with Gasteiger partial charge in [0.15, 0.2) is 0 Å². The maximum absolute atomic E-state index is 5.86. The van der Waals surface area contributed by atoms with Gasteiger partial charge in [-0.3, -0.25) is 4.40 Å². The second-order valence-corrected chi connectivity index (χ2v) is 3.28. The second-order valence-electron chi connectivity index (χ2n) is 3.28. The number of rotatable bonds is 3. The highest BCUT2D eigenvalue weighted by Crippen LogP contribution is 2.13. The molecule has 0 radical (unpaired) electrons. The zero-order valence-corrected chi connectivity index (χ0v) is 7.98. The molecule has 2 heterocycles. The molecule has 0 saturated heterocycles. The smallest absolute Gasteiger partial charge is 0.114 e. The Bertz CT molecular complexity index is 433. The van der Waals surface area contributed by atoms with Crippen molar-refractivity contribution in [1.82, 2.24) is 9.38 Å². The summed E-state index contributed by atoms with van der Waals surface area (Å²) in [5, 5.41) is 0. The van der Waals surface area contributed by atoms with Gasteiger partial charge in [0.25, 0.3) is 0 Å². The number of nitrogens with zero attached hydrogens (tertiary/aromatic N) is 2. The molecule has 2 rings (SSSR count). The van der Waals surface area contributed by atoms with Gasteiger partial charge in [0, 0.05) is 6.42 Å². The highest BCUT2D eigenvalue weighted by Gasteiger charge is 2.04. The van der Waals surface area contributed by atoms with Crippen LogP contribution in [0.25, 0.3) is 5.52 Å². The van der Waals surface area contributed by atoms with E-state index in [1.54, 1.807) is 0 Å². The lowest BCUT2D eigenvalue weighted by Gasteiger charge is -2.03. The maximum Gasteiger partial charge on any atom is 0.114 e. The number of aromatic nitrogens is 2. The van der Waals surface area contributed by atoms with Crippen LogP contribution >= 0.6 is 0 Å². The molecule has 4 nitrogen and oxygen atoms in total. The third-order valence-electron chi connectivity index (χ3n) is 2.26. The lowest BCUT2D eigenvalue weighted by Crippen LogP contribution is -2.05. The number of anilines is 1. The molecule has 74 valence electrons. The van der Waals surface area contributed by atoms with Crippen LogP contribution in [0, 0.1) is 0 Å². The van der Waals surface area contributed by atoms with Gasteiger partial charge in [0.2, 0.25) is 0 Å². The van der Waals surface area contributed by atoms with E-state index in [2.05, 4.69) is 4.98 Å². The number of pyridine rings is 1. The molecule has 0 unspecified atom stereocenters. The number of imidazole rings is 1. The lowest BCUT2D eigenvalue weighted by atomic mass is 10.3. The monoisotopic (exact) mass is 190 g/mol. The summed E-state index contributed by atoms with van der Waals surface area (Å²) in [6, 6.07) is 5.80. The fraction of sp³-hybridized carbons (Fsp3) is 0.300. The molecule has 0 fully saturated rings. The van der Waals surface area contributed by atoms with Crippen LogP contribution in [0.3, 0.4) is 0 Å². The van der Waals surface area contributed by atoms with Crippen molar-refractivity contribution in [3.8, 4) is 0 Å². The number of nitrogen functional groups attached to an aromatic ring is 1. The Balaban J connectivity index is 2.45. The third-order valence-corrected chi connectivity index (χ3v) is 2.26. The maximum atomic E-state index is 5.86. The Kier molecular flexibility index (Phi) is 2.37. The van der Waals surface area contributed by atoms with Crippen molar-refractivity contribution in [3.63, 3.8) is 0 Å². The Labute approximate surface area is 82.5 Å². The summed E-state index contributed by atoms with van der Waals surface area (Å²) in [7, 11) is 0. The molecule has 0 aromatic carbocycles. The van der Waals surface area contributed by atoms with Gasteiger partial charge in [-0.1, -0.05) is 6.07 Å². The molecule has 0 bridgehead atoms. The predicted octanol–water partition coefficient (Wildman–Crippen LogP) is 0.808. The average molecular weight is 190 g/mol. The minimum Gasteiger partial charge on any atom is -0.385 e. The lowest BCUT2D eigenvalue weighted by molar-refractivity contribution is 0.780. The Morgan fingerprint density at radius 1 is 1.36 bits per heavy atom. The minimum absolute atomic E-state index is 0.682. The van der Waals surface area contributed by atoms with E-state index >= 15 is 0 Å². The number of hydrogen-bond acceptors (Lipinski definition) is 3. The van der Waals surface area contributed by atoms with Crippen LogP contribution in [-0.4, -0.2) is 15.9 Å². The first-order chi connectivity index (χ1) is 6.83. The van der Waals surface area contributed by atoms with Crippen molar-refractivity contribution in [1.29, 1.82) is 0 Å². The summed E-state index contributed by atoms with van der Waals surface area (Å²) in [6.45, 7) is 0.682. The number of nitrogens with two attached hydrogens (primary N) is 2. The van der Waals surface area contributed by atoms with E-state index in [4.69, 9.17) is 11.5 Å². The molecule has 0 spiro atoms. The van der Waals surface area contributed by atoms with Crippen molar-refractivity contribution < 1.29 is 0 Å². The van der Waals surface area contributed by atoms with E-state index in [0.717, 1.165) is 30.0 Å². The van der Waals surface area contributed by atoms with E-state index in [9.17, 15) is 0 Å². The van der Waals surface area contributed by atoms with Gasteiger partial charge in [0.05, 0.1) is 11.7 Å². The van der Waals surface area contributed by atoms with Crippen LogP contribution in [-0.2, 0) is 6.42 Å². The van der Waals surface area contributed by atoms with Gasteiger partial charge in [-0.25, -0.2) is 4.98 Å². The van der Waals surface area contributed by atoms with Crippen molar-refractivity contribution in [2.45, 2.75) is 12.8 Å². The van der Waals surface area contributed by atoms with Crippen molar-refractivity contribution in [3.05, 3.63) is 30.2 Å². The fourth-order valence-corrected chi connectivity index (χ4v) is 1.58.